The number of urea groups is 1. The van der Waals surface area contributed by atoms with Crippen LogP contribution >= 0.6 is 0 Å². The third kappa shape index (κ3) is 3.70. The van der Waals surface area contributed by atoms with Gasteiger partial charge in [0.05, 0.1) is 0 Å². The molecule has 2 aliphatic rings. The normalized spacial score (nSPS) is 27.4. The maximum atomic E-state index is 11.5. The van der Waals surface area contributed by atoms with E-state index in [1.165, 1.54) is 0 Å². The van der Waals surface area contributed by atoms with Gasteiger partial charge in [0, 0.05) is 6.54 Å². The molecular formula is C12H25N3O2. The summed E-state index contributed by atoms with van der Waals surface area (Å²) in [5.74, 6) is -0.177. The Bertz CT molecular complexity index is 268. The van der Waals surface area contributed by atoms with Crippen LogP contribution in [0.5, 0.6) is 0 Å². The lowest BCUT2D eigenvalue weighted by molar-refractivity contribution is -0.125. The fourth-order valence-electron chi connectivity index (χ4n) is 2.09. The lowest BCUT2D eigenvalue weighted by atomic mass is 9.89. The van der Waals surface area contributed by atoms with Gasteiger partial charge in [-0.15, -0.1) is 0 Å². The van der Waals surface area contributed by atoms with E-state index in [0.29, 0.717) is 6.54 Å². The number of rotatable bonds is 0. The van der Waals surface area contributed by atoms with Gasteiger partial charge in [-0.3, -0.25) is 10.1 Å². The summed E-state index contributed by atoms with van der Waals surface area (Å²) in [6.07, 6.45) is 1.69. The van der Waals surface area contributed by atoms with E-state index in [-0.39, 0.29) is 11.9 Å². The SMILES string of the molecule is CC.CC.CN1CCCC2(C1)NC(=O)NC2=O. The molecule has 0 aromatic rings. The summed E-state index contributed by atoms with van der Waals surface area (Å²) in [6, 6.07) is -0.361. The minimum atomic E-state index is -0.649. The highest BCUT2D eigenvalue weighted by Crippen LogP contribution is 2.23. The second-order valence-electron chi connectivity index (χ2n) is 3.83. The summed E-state index contributed by atoms with van der Waals surface area (Å²) in [5, 5.41) is 4.99. The van der Waals surface area contributed by atoms with Crippen molar-refractivity contribution in [1.82, 2.24) is 15.5 Å². The Balaban J connectivity index is 0.000000581. The van der Waals surface area contributed by atoms with Crippen LogP contribution in [0.2, 0.25) is 0 Å². The maximum absolute atomic E-state index is 11.5. The van der Waals surface area contributed by atoms with Gasteiger partial charge in [0.15, 0.2) is 0 Å². The minimum Gasteiger partial charge on any atom is -0.322 e. The van der Waals surface area contributed by atoms with Gasteiger partial charge < -0.3 is 10.2 Å². The fourth-order valence-corrected chi connectivity index (χ4v) is 2.09. The highest BCUT2D eigenvalue weighted by Gasteiger charge is 2.47. The molecule has 5 nitrogen and oxygen atoms in total. The Morgan fingerprint density at radius 3 is 2.18 bits per heavy atom. The molecule has 3 amide bonds. The van der Waals surface area contributed by atoms with Gasteiger partial charge in [-0.2, -0.15) is 0 Å². The van der Waals surface area contributed by atoms with Crippen molar-refractivity contribution >= 4 is 11.9 Å². The van der Waals surface area contributed by atoms with Gasteiger partial charge >= 0.3 is 6.03 Å². The largest absolute Gasteiger partial charge is 0.322 e. The van der Waals surface area contributed by atoms with Crippen molar-refractivity contribution in [2.75, 3.05) is 20.1 Å². The first-order valence-corrected chi connectivity index (χ1v) is 6.45. The number of hydrogen-bond donors (Lipinski definition) is 2. The molecule has 0 bridgehead atoms. The van der Waals surface area contributed by atoms with Crippen molar-refractivity contribution in [3.05, 3.63) is 0 Å². The molecule has 1 spiro atoms. The molecule has 100 valence electrons. The maximum Gasteiger partial charge on any atom is 0.322 e. The molecule has 2 aliphatic heterocycles. The first-order chi connectivity index (χ1) is 8.12. The Kier molecular flexibility index (Phi) is 6.80. The van der Waals surface area contributed by atoms with Crippen LogP contribution in [0.15, 0.2) is 0 Å². The van der Waals surface area contributed by atoms with Crippen LogP contribution in [0.25, 0.3) is 0 Å². The Morgan fingerprint density at radius 1 is 1.18 bits per heavy atom. The van der Waals surface area contributed by atoms with Crippen LogP contribution in [0.3, 0.4) is 0 Å². The summed E-state index contributed by atoms with van der Waals surface area (Å²) >= 11 is 0. The zero-order chi connectivity index (χ0) is 13.5. The molecule has 1 atom stereocenters. The quantitative estimate of drug-likeness (QED) is 0.631. The topological polar surface area (TPSA) is 61.4 Å². The van der Waals surface area contributed by atoms with E-state index >= 15 is 0 Å². The third-order valence-corrected chi connectivity index (χ3v) is 2.70. The summed E-state index contributed by atoms with van der Waals surface area (Å²) in [6.45, 7) is 9.61. The number of imide groups is 1. The highest BCUT2D eigenvalue weighted by molar-refractivity contribution is 6.07. The standard InChI is InChI=1S/C8H13N3O2.2C2H6/c1-11-4-2-3-8(5-11)6(12)9-7(13)10-8;2*1-2/h2-5H2,1H3,(H2,9,10,12,13);2*1-2H3. The van der Waals surface area contributed by atoms with Crippen LogP contribution in [0.4, 0.5) is 4.79 Å². The molecule has 2 saturated heterocycles. The number of piperidine rings is 1. The number of amides is 3. The zero-order valence-electron chi connectivity index (χ0n) is 11.6. The number of likely N-dealkylation sites (tertiary alicyclic amines) is 1. The molecule has 1 unspecified atom stereocenters. The van der Waals surface area contributed by atoms with Crippen LogP contribution < -0.4 is 10.6 Å². The molecule has 2 N–H and O–H groups in total. The Hall–Kier alpha value is -1.10. The number of nitrogens with zero attached hydrogens (tertiary/aromatic N) is 1. The summed E-state index contributed by atoms with van der Waals surface area (Å²) in [7, 11) is 1.96. The van der Waals surface area contributed by atoms with Gasteiger partial charge in [-0.25, -0.2) is 4.79 Å². The van der Waals surface area contributed by atoms with E-state index in [9.17, 15) is 9.59 Å². The molecule has 0 aromatic carbocycles. The van der Waals surface area contributed by atoms with E-state index in [0.717, 1.165) is 19.4 Å². The van der Waals surface area contributed by atoms with Crippen molar-refractivity contribution in [1.29, 1.82) is 0 Å². The number of hydrogen-bond acceptors (Lipinski definition) is 3. The predicted octanol–water partition coefficient (Wildman–Crippen LogP) is 1.34. The molecule has 2 rings (SSSR count). The first kappa shape index (κ1) is 15.9. The van der Waals surface area contributed by atoms with Crippen LogP contribution in [-0.4, -0.2) is 42.5 Å². The number of carbonyl (C=O) groups is 2. The van der Waals surface area contributed by atoms with E-state index in [2.05, 4.69) is 15.5 Å². The monoisotopic (exact) mass is 243 g/mol. The van der Waals surface area contributed by atoms with E-state index < -0.39 is 5.54 Å². The van der Waals surface area contributed by atoms with E-state index in [1.807, 2.05) is 34.7 Å². The van der Waals surface area contributed by atoms with Gasteiger partial charge in [-0.1, -0.05) is 27.7 Å². The molecule has 0 radical (unpaired) electrons. The van der Waals surface area contributed by atoms with Crippen LogP contribution in [-0.2, 0) is 4.79 Å². The lowest BCUT2D eigenvalue weighted by Crippen LogP contribution is -2.57. The Labute approximate surface area is 104 Å². The second-order valence-corrected chi connectivity index (χ2v) is 3.83. The number of nitrogens with one attached hydrogen (secondary N) is 2. The van der Waals surface area contributed by atoms with Crippen molar-refractivity contribution < 1.29 is 9.59 Å². The van der Waals surface area contributed by atoms with Crippen molar-refractivity contribution in [2.45, 2.75) is 46.1 Å². The average Bonchev–Trinajstić information content (AvgIpc) is 2.59. The minimum absolute atomic E-state index is 0.177. The average molecular weight is 243 g/mol. The van der Waals surface area contributed by atoms with Crippen LogP contribution in [0.1, 0.15) is 40.5 Å². The van der Waals surface area contributed by atoms with Crippen LogP contribution in [0, 0.1) is 0 Å². The fraction of sp³-hybridized carbons (Fsp3) is 0.833. The molecule has 0 aromatic heterocycles. The zero-order valence-corrected chi connectivity index (χ0v) is 11.6. The van der Waals surface area contributed by atoms with Gasteiger partial charge in [0.25, 0.3) is 5.91 Å². The van der Waals surface area contributed by atoms with Gasteiger partial charge in [0.1, 0.15) is 5.54 Å². The molecule has 0 saturated carbocycles. The lowest BCUT2D eigenvalue weighted by Gasteiger charge is -2.35. The Morgan fingerprint density at radius 2 is 1.76 bits per heavy atom. The first-order valence-electron chi connectivity index (χ1n) is 6.45. The second kappa shape index (κ2) is 7.27. The summed E-state index contributed by atoms with van der Waals surface area (Å²) in [5.41, 5.74) is -0.649. The molecule has 17 heavy (non-hydrogen) atoms. The van der Waals surface area contributed by atoms with Crippen molar-refractivity contribution in [3.8, 4) is 0 Å². The van der Waals surface area contributed by atoms with Crippen molar-refractivity contribution in [3.63, 3.8) is 0 Å². The molecule has 5 heteroatoms. The molecular weight excluding hydrogens is 218 g/mol. The predicted molar refractivity (Wildman–Crippen MR) is 68.8 cm³/mol. The van der Waals surface area contributed by atoms with Gasteiger partial charge in [0.2, 0.25) is 0 Å². The van der Waals surface area contributed by atoms with Gasteiger partial charge in [-0.05, 0) is 26.4 Å². The summed E-state index contributed by atoms with van der Waals surface area (Å²) < 4.78 is 0. The smallest absolute Gasteiger partial charge is 0.322 e. The third-order valence-electron chi connectivity index (χ3n) is 2.70. The molecule has 2 fully saturated rings. The van der Waals surface area contributed by atoms with E-state index in [4.69, 9.17) is 0 Å². The highest BCUT2D eigenvalue weighted by atomic mass is 16.2. The number of carbonyl (C=O) groups excluding carboxylic acids is 2. The number of likely N-dealkylation sites (N-methyl/N-ethyl adjacent to an activating group) is 1. The van der Waals surface area contributed by atoms with Crippen molar-refractivity contribution in [2.24, 2.45) is 0 Å². The summed E-state index contributed by atoms with van der Waals surface area (Å²) in [4.78, 5) is 24.5. The molecule has 2 heterocycles. The molecule has 0 aliphatic carbocycles. The van der Waals surface area contributed by atoms with E-state index in [1.54, 1.807) is 0 Å².